The van der Waals surface area contributed by atoms with Crippen molar-refractivity contribution in [3.8, 4) is 12.1 Å². The Balaban J connectivity index is 1.88. The van der Waals surface area contributed by atoms with Gasteiger partial charge < -0.3 is 5.32 Å². The largest absolute Gasteiger partial charge is 0.325 e. The van der Waals surface area contributed by atoms with Crippen molar-refractivity contribution < 1.29 is 9.59 Å². The van der Waals surface area contributed by atoms with Crippen LogP contribution in [0.25, 0.3) is 10.8 Å². The third kappa shape index (κ3) is 2.98. The molecule has 3 amide bonds. The summed E-state index contributed by atoms with van der Waals surface area (Å²) < 4.78 is 0. The van der Waals surface area contributed by atoms with E-state index in [0.717, 1.165) is 15.7 Å². The van der Waals surface area contributed by atoms with Crippen molar-refractivity contribution in [2.75, 3.05) is 6.54 Å². The van der Waals surface area contributed by atoms with Crippen LogP contribution >= 0.6 is 0 Å². The van der Waals surface area contributed by atoms with Crippen LogP contribution in [-0.4, -0.2) is 23.4 Å². The molecular formula is C20H18N4O2. The van der Waals surface area contributed by atoms with Gasteiger partial charge in [0.1, 0.15) is 5.54 Å². The molecule has 26 heavy (non-hydrogen) atoms. The van der Waals surface area contributed by atoms with Crippen LogP contribution in [0.1, 0.15) is 25.3 Å². The predicted molar refractivity (Wildman–Crippen MR) is 95.5 cm³/mol. The molecule has 2 atom stereocenters. The number of benzene rings is 2. The summed E-state index contributed by atoms with van der Waals surface area (Å²) in [5.41, 5.74) is -0.473. The molecule has 0 radical (unpaired) electrons. The van der Waals surface area contributed by atoms with Crippen LogP contribution in [0, 0.1) is 28.6 Å². The van der Waals surface area contributed by atoms with E-state index in [9.17, 15) is 14.9 Å². The fraction of sp³-hybridized carbons (Fsp3) is 0.300. The van der Waals surface area contributed by atoms with Crippen LogP contribution in [0.4, 0.5) is 4.79 Å². The quantitative estimate of drug-likeness (QED) is 0.841. The number of imide groups is 1. The Morgan fingerprint density at radius 2 is 1.88 bits per heavy atom. The number of nitrogens with one attached hydrogen (secondary N) is 1. The number of hydrogen-bond acceptors (Lipinski definition) is 4. The van der Waals surface area contributed by atoms with Crippen LogP contribution in [0.3, 0.4) is 0 Å². The van der Waals surface area contributed by atoms with Gasteiger partial charge in [-0.1, -0.05) is 36.4 Å². The third-order valence-electron chi connectivity index (χ3n) is 4.79. The zero-order valence-electron chi connectivity index (χ0n) is 14.4. The van der Waals surface area contributed by atoms with E-state index in [2.05, 4.69) is 11.4 Å². The van der Waals surface area contributed by atoms with E-state index in [0.29, 0.717) is 12.0 Å². The van der Waals surface area contributed by atoms with Gasteiger partial charge in [-0.25, -0.2) is 4.79 Å². The molecule has 130 valence electrons. The number of fused-ring (bicyclic) bond motifs is 1. The van der Waals surface area contributed by atoms with Gasteiger partial charge >= 0.3 is 6.03 Å². The number of nitriles is 2. The first-order valence-electron chi connectivity index (χ1n) is 8.39. The molecule has 1 fully saturated rings. The first kappa shape index (κ1) is 17.4. The summed E-state index contributed by atoms with van der Waals surface area (Å²) in [6.45, 7) is 1.67. The van der Waals surface area contributed by atoms with Crippen molar-refractivity contribution in [2.24, 2.45) is 5.92 Å². The van der Waals surface area contributed by atoms with E-state index >= 15 is 0 Å². The van der Waals surface area contributed by atoms with Crippen molar-refractivity contribution in [1.82, 2.24) is 10.2 Å². The van der Waals surface area contributed by atoms with Crippen LogP contribution in [0.2, 0.25) is 0 Å². The van der Waals surface area contributed by atoms with Crippen molar-refractivity contribution in [3.63, 3.8) is 0 Å². The normalized spacial score (nSPS) is 20.5. The maximum Gasteiger partial charge on any atom is 0.325 e. The minimum atomic E-state index is -1.17. The van der Waals surface area contributed by atoms with Crippen LogP contribution in [0.15, 0.2) is 42.5 Å². The zero-order chi connectivity index (χ0) is 18.7. The number of hydrogen-bond donors (Lipinski definition) is 1. The van der Waals surface area contributed by atoms with Crippen LogP contribution in [0.5, 0.6) is 0 Å². The van der Waals surface area contributed by atoms with Crippen molar-refractivity contribution >= 4 is 22.7 Å². The molecule has 1 aliphatic rings. The lowest BCUT2D eigenvalue weighted by molar-refractivity contribution is -0.131. The fourth-order valence-corrected chi connectivity index (χ4v) is 3.21. The second-order valence-corrected chi connectivity index (χ2v) is 6.56. The summed E-state index contributed by atoms with van der Waals surface area (Å²) in [4.78, 5) is 26.4. The molecule has 1 N–H and O–H groups in total. The second-order valence-electron chi connectivity index (χ2n) is 6.56. The van der Waals surface area contributed by atoms with Gasteiger partial charge in [0.25, 0.3) is 5.91 Å². The van der Waals surface area contributed by atoms with Crippen molar-refractivity contribution in [1.29, 1.82) is 10.5 Å². The number of urea groups is 1. The van der Waals surface area contributed by atoms with Gasteiger partial charge in [-0.05, 0) is 35.7 Å². The Hall–Kier alpha value is -3.38. The van der Waals surface area contributed by atoms with Crippen molar-refractivity contribution in [2.45, 2.75) is 25.3 Å². The molecule has 0 aliphatic carbocycles. The first-order chi connectivity index (χ1) is 12.5. The summed E-state index contributed by atoms with van der Waals surface area (Å²) in [7, 11) is 0. The zero-order valence-corrected chi connectivity index (χ0v) is 14.4. The average Bonchev–Trinajstić information content (AvgIpc) is 2.88. The maximum atomic E-state index is 13.0. The highest BCUT2D eigenvalue weighted by Crippen LogP contribution is 2.31. The minimum Gasteiger partial charge on any atom is -0.319 e. The number of amides is 3. The Labute approximate surface area is 151 Å². The second kappa shape index (κ2) is 6.85. The smallest absolute Gasteiger partial charge is 0.319 e. The number of carbonyl (C=O) groups excluding carboxylic acids is 2. The Bertz CT molecular complexity index is 956. The van der Waals surface area contributed by atoms with E-state index in [1.165, 1.54) is 0 Å². The predicted octanol–water partition coefficient (Wildman–Crippen LogP) is 3.05. The lowest BCUT2D eigenvalue weighted by Gasteiger charge is -2.23. The van der Waals surface area contributed by atoms with Gasteiger partial charge in [-0.3, -0.25) is 9.69 Å². The lowest BCUT2D eigenvalue weighted by Crippen LogP contribution is -2.41. The third-order valence-corrected chi connectivity index (χ3v) is 4.79. The summed E-state index contributed by atoms with van der Waals surface area (Å²) in [6.07, 6.45) is 0.542. The van der Waals surface area contributed by atoms with Gasteiger partial charge in [0, 0.05) is 13.0 Å². The highest BCUT2D eigenvalue weighted by Gasteiger charge is 2.49. The number of rotatable bonds is 5. The summed E-state index contributed by atoms with van der Waals surface area (Å²) in [5.74, 6) is -0.932. The average molecular weight is 346 g/mol. The molecular weight excluding hydrogens is 328 g/mol. The minimum absolute atomic E-state index is 0.00792. The van der Waals surface area contributed by atoms with Gasteiger partial charge in [0.05, 0.1) is 18.1 Å². The van der Waals surface area contributed by atoms with Crippen LogP contribution < -0.4 is 5.32 Å². The number of nitrogens with zero attached hydrogens (tertiary/aromatic N) is 3. The summed E-state index contributed by atoms with van der Waals surface area (Å²) in [6, 6.07) is 17.0. The molecule has 0 saturated carbocycles. The molecule has 0 aromatic heterocycles. The Morgan fingerprint density at radius 3 is 2.58 bits per heavy atom. The molecule has 0 unspecified atom stereocenters. The Morgan fingerprint density at radius 1 is 1.15 bits per heavy atom. The standard InChI is InChI=1S/C20H18N4O2/c1-20(17-9-8-15-6-2-3-7-16(15)11-17)18(25)24(19(26)23-20)13-14(12-22)5-4-10-21/h2-3,6-9,11,14H,4-5,13H2,1H3,(H,23,26)/t14-,20+/m0/s1. The van der Waals surface area contributed by atoms with Crippen LogP contribution in [-0.2, 0) is 10.3 Å². The van der Waals surface area contributed by atoms with Gasteiger partial charge in [-0.15, -0.1) is 0 Å². The monoisotopic (exact) mass is 346 g/mol. The molecule has 3 rings (SSSR count). The molecule has 2 aromatic rings. The highest BCUT2D eigenvalue weighted by atomic mass is 16.2. The van der Waals surface area contributed by atoms with Gasteiger partial charge in [0.2, 0.25) is 0 Å². The van der Waals surface area contributed by atoms with E-state index < -0.39 is 17.5 Å². The maximum absolute atomic E-state index is 13.0. The highest BCUT2D eigenvalue weighted by molar-refractivity contribution is 6.07. The summed E-state index contributed by atoms with van der Waals surface area (Å²) >= 11 is 0. The van der Waals surface area contributed by atoms with Crippen molar-refractivity contribution in [3.05, 3.63) is 48.0 Å². The molecule has 0 bridgehead atoms. The molecule has 0 spiro atoms. The molecule has 1 heterocycles. The SMILES string of the molecule is C[C@]1(c2ccc3ccccc3c2)NC(=O)N(C[C@H](C#N)CCC#N)C1=O. The lowest BCUT2D eigenvalue weighted by atomic mass is 9.90. The number of carbonyl (C=O) groups is 2. The molecule has 1 saturated heterocycles. The van der Waals surface area contributed by atoms with E-state index in [1.807, 2.05) is 48.5 Å². The van der Waals surface area contributed by atoms with Gasteiger partial charge in [0.15, 0.2) is 0 Å². The molecule has 6 nitrogen and oxygen atoms in total. The van der Waals surface area contributed by atoms with E-state index in [-0.39, 0.29) is 18.9 Å². The molecule has 6 heteroatoms. The fourth-order valence-electron chi connectivity index (χ4n) is 3.21. The van der Waals surface area contributed by atoms with Gasteiger partial charge in [-0.2, -0.15) is 10.5 Å². The van der Waals surface area contributed by atoms with E-state index in [4.69, 9.17) is 5.26 Å². The summed E-state index contributed by atoms with van der Waals surface area (Å²) in [5, 5.41) is 22.7. The topological polar surface area (TPSA) is 97.0 Å². The first-order valence-corrected chi connectivity index (χ1v) is 8.39. The Kier molecular flexibility index (Phi) is 4.60. The molecule has 1 aliphatic heterocycles. The molecule has 2 aromatic carbocycles. The van der Waals surface area contributed by atoms with E-state index in [1.54, 1.807) is 6.92 Å².